The Hall–Kier alpha value is -1.04. The first-order valence-electron chi connectivity index (χ1n) is 7.41. The number of likely N-dealkylation sites (tertiary alicyclic amines) is 1. The lowest BCUT2D eigenvalue weighted by atomic mass is 10.0. The van der Waals surface area contributed by atoms with Gasteiger partial charge in [-0.3, -0.25) is 19.3 Å². The Morgan fingerprint density at radius 3 is 2.60 bits per heavy atom. The van der Waals surface area contributed by atoms with Gasteiger partial charge in [0.1, 0.15) is 0 Å². The number of hydrogen-bond donors (Lipinski definition) is 0. The van der Waals surface area contributed by atoms with E-state index >= 15 is 0 Å². The van der Waals surface area contributed by atoms with Crippen molar-refractivity contribution in [3.8, 4) is 0 Å². The van der Waals surface area contributed by atoms with Gasteiger partial charge in [-0.1, -0.05) is 24.6 Å². The minimum atomic E-state index is -0.148. The first-order chi connectivity index (χ1) is 9.65. The summed E-state index contributed by atoms with van der Waals surface area (Å²) in [5.41, 5.74) is 0. The molecule has 0 N–H and O–H groups in total. The van der Waals surface area contributed by atoms with Gasteiger partial charge >= 0.3 is 0 Å². The van der Waals surface area contributed by atoms with Crippen molar-refractivity contribution in [3.63, 3.8) is 0 Å². The van der Waals surface area contributed by atoms with Crippen molar-refractivity contribution >= 4 is 28.8 Å². The number of carbonyl (C=O) groups excluding carboxylic acids is 3. The lowest BCUT2D eigenvalue weighted by molar-refractivity contribution is -0.132. The number of hydrogen-bond acceptors (Lipinski definition) is 4. The zero-order valence-electron chi connectivity index (χ0n) is 11.5. The van der Waals surface area contributed by atoms with Crippen molar-refractivity contribution in [3.05, 3.63) is 0 Å². The van der Waals surface area contributed by atoms with E-state index < -0.39 is 0 Å². The molecule has 3 rings (SSSR count). The van der Waals surface area contributed by atoms with Crippen molar-refractivity contribution < 1.29 is 14.4 Å². The summed E-state index contributed by atoms with van der Waals surface area (Å²) in [7, 11) is 0. The van der Waals surface area contributed by atoms with Crippen LogP contribution in [0, 0.1) is 5.92 Å². The predicted molar refractivity (Wildman–Crippen MR) is 76.3 cm³/mol. The number of rotatable bonds is 3. The summed E-state index contributed by atoms with van der Waals surface area (Å²) in [6, 6.07) is -0.0995. The summed E-state index contributed by atoms with van der Waals surface area (Å²) in [6.45, 7) is 1.21. The number of thioether (sulfide) groups is 1. The van der Waals surface area contributed by atoms with Crippen LogP contribution in [0.15, 0.2) is 0 Å². The smallest absolute Gasteiger partial charge is 0.289 e. The van der Waals surface area contributed by atoms with E-state index in [0.29, 0.717) is 25.4 Å². The van der Waals surface area contributed by atoms with Crippen molar-refractivity contribution in [2.75, 3.05) is 18.8 Å². The maximum absolute atomic E-state index is 12.3. The van der Waals surface area contributed by atoms with Crippen LogP contribution in [0.2, 0.25) is 0 Å². The second-order valence-corrected chi connectivity index (χ2v) is 6.88. The molecule has 110 valence electrons. The molecule has 1 atom stereocenters. The highest BCUT2D eigenvalue weighted by molar-refractivity contribution is 8.14. The monoisotopic (exact) mass is 296 g/mol. The highest BCUT2D eigenvalue weighted by atomic mass is 32.2. The Bertz CT molecular complexity index is 418. The summed E-state index contributed by atoms with van der Waals surface area (Å²) in [5, 5.41) is -0.148. The Balaban J connectivity index is 1.54. The zero-order valence-corrected chi connectivity index (χ0v) is 12.4. The molecule has 1 saturated carbocycles. The van der Waals surface area contributed by atoms with E-state index in [9.17, 15) is 14.4 Å². The maximum atomic E-state index is 12.3. The molecule has 5 nitrogen and oxygen atoms in total. The fraction of sp³-hybridized carbons (Fsp3) is 0.786. The molecule has 2 saturated heterocycles. The zero-order chi connectivity index (χ0) is 14.1. The SMILES string of the molecule is O=C(CC1CCCC1)N1CC[C@@H](N2C(=O)CSC2=O)C1. The Morgan fingerprint density at radius 1 is 1.20 bits per heavy atom. The van der Waals surface area contributed by atoms with Gasteiger partial charge in [-0.15, -0.1) is 0 Å². The molecule has 0 bridgehead atoms. The van der Waals surface area contributed by atoms with Crippen LogP contribution in [-0.2, 0) is 9.59 Å². The van der Waals surface area contributed by atoms with Crippen LogP contribution in [0.3, 0.4) is 0 Å². The molecule has 1 aliphatic carbocycles. The highest BCUT2D eigenvalue weighted by Crippen LogP contribution is 2.30. The largest absolute Gasteiger partial charge is 0.341 e. The first-order valence-corrected chi connectivity index (χ1v) is 8.40. The van der Waals surface area contributed by atoms with Gasteiger partial charge in [0.2, 0.25) is 11.8 Å². The topological polar surface area (TPSA) is 57.7 Å². The van der Waals surface area contributed by atoms with Crippen LogP contribution >= 0.6 is 11.8 Å². The fourth-order valence-corrected chi connectivity index (χ4v) is 4.26. The number of nitrogens with zero attached hydrogens (tertiary/aromatic N) is 2. The van der Waals surface area contributed by atoms with Crippen LogP contribution in [0.25, 0.3) is 0 Å². The van der Waals surface area contributed by atoms with Gasteiger partial charge in [-0.25, -0.2) is 0 Å². The summed E-state index contributed by atoms with van der Waals surface area (Å²) < 4.78 is 0. The third-order valence-electron chi connectivity index (χ3n) is 4.60. The minimum Gasteiger partial charge on any atom is -0.341 e. The first kappa shape index (κ1) is 13.9. The number of carbonyl (C=O) groups is 3. The van der Waals surface area contributed by atoms with E-state index in [1.165, 1.54) is 30.6 Å². The van der Waals surface area contributed by atoms with E-state index in [1.54, 1.807) is 0 Å². The van der Waals surface area contributed by atoms with Crippen LogP contribution in [0.5, 0.6) is 0 Å². The van der Waals surface area contributed by atoms with E-state index in [4.69, 9.17) is 0 Å². The van der Waals surface area contributed by atoms with Gasteiger partial charge < -0.3 is 4.90 Å². The maximum Gasteiger partial charge on any atom is 0.289 e. The van der Waals surface area contributed by atoms with Gasteiger partial charge in [-0.05, 0) is 25.2 Å². The van der Waals surface area contributed by atoms with Crippen molar-refractivity contribution in [1.82, 2.24) is 9.80 Å². The molecule has 0 aromatic heterocycles. The third kappa shape index (κ3) is 2.71. The predicted octanol–water partition coefficient (Wildman–Crippen LogP) is 1.86. The number of amides is 3. The second-order valence-electron chi connectivity index (χ2n) is 5.96. The van der Waals surface area contributed by atoms with Gasteiger partial charge in [0.25, 0.3) is 5.24 Å². The average Bonchev–Trinajstić information content (AvgIpc) is 3.11. The molecular formula is C14H20N2O3S. The molecule has 6 heteroatoms. The molecule has 3 amide bonds. The van der Waals surface area contributed by atoms with E-state index in [1.807, 2.05) is 4.90 Å². The normalized spacial score (nSPS) is 27.9. The van der Waals surface area contributed by atoms with Crippen LogP contribution in [0.4, 0.5) is 4.79 Å². The molecule has 0 aromatic rings. The molecule has 0 spiro atoms. The Kier molecular flexibility index (Phi) is 4.01. The minimum absolute atomic E-state index is 0.0995. The van der Waals surface area contributed by atoms with Crippen LogP contribution < -0.4 is 0 Å². The van der Waals surface area contributed by atoms with Gasteiger partial charge in [-0.2, -0.15) is 0 Å². The standard InChI is InChI=1S/C14H20N2O3S/c17-12(7-10-3-1-2-4-10)15-6-5-11(8-15)16-13(18)9-20-14(16)19/h10-11H,1-9H2/t11-/m1/s1. The molecule has 3 fully saturated rings. The second kappa shape index (κ2) is 5.76. The molecule has 0 aromatic carbocycles. The molecule has 3 aliphatic rings. The summed E-state index contributed by atoms with van der Waals surface area (Å²) in [4.78, 5) is 38.9. The lowest BCUT2D eigenvalue weighted by Gasteiger charge is -2.22. The average molecular weight is 296 g/mol. The molecule has 0 radical (unpaired) electrons. The van der Waals surface area contributed by atoms with Gasteiger partial charge in [0.05, 0.1) is 11.8 Å². The Morgan fingerprint density at radius 2 is 1.95 bits per heavy atom. The molecule has 0 unspecified atom stereocenters. The molecule has 2 heterocycles. The highest BCUT2D eigenvalue weighted by Gasteiger charge is 2.40. The third-order valence-corrected chi connectivity index (χ3v) is 5.44. The van der Waals surface area contributed by atoms with Crippen molar-refractivity contribution in [2.24, 2.45) is 5.92 Å². The van der Waals surface area contributed by atoms with Gasteiger partial charge in [0, 0.05) is 19.5 Å². The molecular weight excluding hydrogens is 276 g/mol. The summed E-state index contributed by atoms with van der Waals surface area (Å²) >= 11 is 1.07. The fourth-order valence-electron chi connectivity index (χ4n) is 3.49. The molecule has 20 heavy (non-hydrogen) atoms. The number of imide groups is 1. The summed E-state index contributed by atoms with van der Waals surface area (Å²) in [5.74, 6) is 0.902. The van der Waals surface area contributed by atoms with E-state index in [-0.39, 0.29) is 28.8 Å². The summed E-state index contributed by atoms with van der Waals surface area (Å²) in [6.07, 6.45) is 6.20. The van der Waals surface area contributed by atoms with Gasteiger partial charge in [0.15, 0.2) is 0 Å². The van der Waals surface area contributed by atoms with Crippen LogP contribution in [-0.4, -0.2) is 51.7 Å². The molecule has 2 aliphatic heterocycles. The van der Waals surface area contributed by atoms with Crippen molar-refractivity contribution in [1.29, 1.82) is 0 Å². The quantitative estimate of drug-likeness (QED) is 0.797. The lowest BCUT2D eigenvalue weighted by Crippen LogP contribution is -2.41. The van der Waals surface area contributed by atoms with E-state index in [0.717, 1.165) is 18.2 Å². The van der Waals surface area contributed by atoms with Crippen molar-refractivity contribution in [2.45, 2.75) is 44.6 Å². The van der Waals surface area contributed by atoms with Crippen LogP contribution in [0.1, 0.15) is 38.5 Å². The van der Waals surface area contributed by atoms with E-state index in [2.05, 4.69) is 0 Å². The Labute approximate surface area is 123 Å².